The third-order valence-corrected chi connectivity index (χ3v) is 4.06. The molecule has 0 aromatic heterocycles. The second kappa shape index (κ2) is 6.79. The highest BCUT2D eigenvalue weighted by atomic mass is 19.4. The van der Waals surface area contributed by atoms with Gasteiger partial charge in [-0.25, -0.2) is 4.39 Å². The van der Waals surface area contributed by atoms with E-state index >= 15 is 0 Å². The Morgan fingerprint density at radius 3 is 2.43 bits per heavy atom. The molecule has 23 heavy (non-hydrogen) atoms. The van der Waals surface area contributed by atoms with Crippen molar-refractivity contribution in [1.29, 1.82) is 0 Å². The number of hydrogen-bond donors (Lipinski definition) is 1. The zero-order chi connectivity index (χ0) is 17.2. The minimum Gasteiger partial charge on any atom is -0.383 e. The lowest BCUT2D eigenvalue weighted by Gasteiger charge is -2.34. The third-order valence-electron chi connectivity index (χ3n) is 4.06. The predicted molar refractivity (Wildman–Crippen MR) is 73.1 cm³/mol. The number of piperidine rings is 1. The van der Waals surface area contributed by atoms with Crippen LogP contribution in [0.4, 0.5) is 23.2 Å². The van der Waals surface area contributed by atoms with Gasteiger partial charge in [-0.05, 0) is 37.9 Å². The summed E-state index contributed by atoms with van der Waals surface area (Å²) in [5.74, 6) is -1.57. The molecule has 1 N–H and O–H groups in total. The van der Waals surface area contributed by atoms with Gasteiger partial charge in [-0.15, -0.1) is 0 Å². The summed E-state index contributed by atoms with van der Waals surface area (Å²) in [4.78, 5) is 11.6. The van der Waals surface area contributed by atoms with E-state index in [-0.39, 0.29) is 30.6 Å². The summed E-state index contributed by atoms with van der Waals surface area (Å²) >= 11 is 0. The molecule has 1 aromatic rings. The largest absolute Gasteiger partial charge is 0.414 e. The Labute approximate surface area is 129 Å². The standard InChI is InChI=1S/C14H16F4N2O3/c15-12-7-11(20(22)23)2-1-10(12)8-19-5-3-9(4-6-19)13(21)14(16,17)18/h1-2,7,9,13,21H,3-6,8H2. The Hall–Kier alpha value is -1.74. The Bertz CT molecular complexity index is 572. The average molecular weight is 336 g/mol. The normalized spacial score (nSPS) is 18.8. The molecule has 0 radical (unpaired) electrons. The summed E-state index contributed by atoms with van der Waals surface area (Å²) in [5, 5.41) is 19.8. The van der Waals surface area contributed by atoms with Gasteiger partial charge in [0, 0.05) is 18.2 Å². The number of halogens is 4. The molecule has 1 saturated heterocycles. The van der Waals surface area contributed by atoms with E-state index < -0.39 is 28.9 Å². The van der Waals surface area contributed by atoms with Gasteiger partial charge in [0.25, 0.3) is 5.69 Å². The van der Waals surface area contributed by atoms with Gasteiger partial charge in [-0.2, -0.15) is 13.2 Å². The molecule has 1 aliphatic heterocycles. The fourth-order valence-electron chi connectivity index (χ4n) is 2.71. The summed E-state index contributed by atoms with van der Waals surface area (Å²) in [6, 6.07) is 3.33. The van der Waals surface area contributed by atoms with Crippen LogP contribution in [0, 0.1) is 21.8 Å². The molecule has 128 valence electrons. The Kier molecular flexibility index (Phi) is 5.20. The van der Waals surface area contributed by atoms with Gasteiger partial charge in [0.1, 0.15) is 5.82 Å². The Morgan fingerprint density at radius 2 is 1.96 bits per heavy atom. The summed E-state index contributed by atoms with van der Waals surface area (Å²) in [5.41, 5.74) is -0.0938. The molecule has 1 aromatic carbocycles. The van der Waals surface area contributed by atoms with Gasteiger partial charge in [0.05, 0.1) is 11.0 Å². The maximum atomic E-state index is 13.8. The number of nitro groups is 1. The van der Waals surface area contributed by atoms with Crippen LogP contribution in [0.3, 0.4) is 0 Å². The average Bonchev–Trinajstić information content (AvgIpc) is 2.48. The first-order valence-corrected chi connectivity index (χ1v) is 7.08. The van der Waals surface area contributed by atoms with E-state index in [9.17, 15) is 32.8 Å². The van der Waals surface area contributed by atoms with Crippen LogP contribution in [0.2, 0.25) is 0 Å². The van der Waals surface area contributed by atoms with Gasteiger partial charge in [0.2, 0.25) is 0 Å². The lowest BCUT2D eigenvalue weighted by Crippen LogP contribution is -2.43. The first-order valence-electron chi connectivity index (χ1n) is 7.08. The number of rotatable bonds is 4. The van der Waals surface area contributed by atoms with Crippen molar-refractivity contribution in [3.05, 3.63) is 39.7 Å². The van der Waals surface area contributed by atoms with E-state index in [1.165, 1.54) is 12.1 Å². The molecule has 0 saturated carbocycles. The highest BCUT2D eigenvalue weighted by molar-refractivity contribution is 5.34. The molecule has 0 aliphatic carbocycles. The fraction of sp³-hybridized carbons (Fsp3) is 0.571. The fourth-order valence-corrected chi connectivity index (χ4v) is 2.71. The minimum absolute atomic E-state index is 0.162. The van der Waals surface area contributed by atoms with Crippen molar-refractivity contribution < 1.29 is 27.6 Å². The van der Waals surface area contributed by atoms with Gasteiger partial charge in [-0.3, -0.25) is 15.0 Å². The molecule has 1 atom stereocenters. The summed E-state index contributed by atoms with van der Waals surface area (Å²) in [6.45, 7) is 0.765. The smallest absolute Gasteiger partial charge is 0.383 e. The van der Waals surface area contributed by atoms with E-state index in [0.717, 1.165) is 6.07 Å². The number of nitro benzene ring substituents is 1. The molecule has 0 amide bonds. The number of hydrogen-bond acceptors (Lipinski definition) is 4. The number of nitrogens with zero attached hydrogens (tertiary/aromatic N) is 2. The summed E-state index contributed by atoms with van der Waals surface area (Å²) < 4.78 is 51.2. The van der Waals surface area contributed by atoms with Crippen LogP contribution in [0.5, 0.6) is 0 Å². The molecule has 1 fully saturated rings. The maximum Gasteiger partial charge on any atom is 0.414 e. The zero-order valence-corrected chi connectivity index (χ0v) is 12.1. The third kappa shape index (κ3) is 4.38. The number of alkyl halides is 3. The Morgan fingerprint density at radius 1 is 1.35 bits per heavy atom. The van der Waals surface area contributed by atoms with E-state index in [4.69, 9.17) is 0 Å². The van der Waals surface area contributed by atoms with Crippen molar-refractivity contribution in [3.63, 3.8) is 0 Å². The van der Waals surface area contributed by atoms with Gasteiger partial charge in [-0.1, -0.05) is 0 Å². The van der Waals surface area contributed by atoms with Crippen LogP contribution in [0.1, 0.15) is 18.4 Å². The molecule has 1 unspecified atom stereocenters. The quantitative estimate of drug-likeness (QED) is 0.522. The SMILES string of the molecule is O=[N+]([O-])c1ccc(CN2CCC(C(O)C(F)(F)F)CC2)c(F)c1. The highest BCUT2D eigenvalue weighted by Crippen LogP contribution is 2.32. The topological polar surface area (TPSA) is 66.6 Å². The van der Waals surface area contributed by atoms with E-state index in [0.29, 0.717) is 13.1 Å². The number of non-ortho nitro benzene ring substituents is 1. The van der Waals surface area contributed by atoms with Crippen molar-refractivity contribution in [2.24, 2.45) is 5.92 Å². The Balaban J connectivity index is 1.93. The van der Waals surface area contributed by atoms with Crippen molar-refractivity contribution >= 4 is 5.69 Å². The summed E-state index contributed by atoms with van der Waals surface area (Å²) in [7, 11) is 0. The number of likely N-dealkylation sites (tertiary alicyclic amines) is 1. The van der Waals surface area contributed by atoms with Crippen LogP contribution < -0.4 is 0 Å². The first kappa shape index (κ1) is 17.6. The minimum atomic E-state index is -4.63. The molecule has 1 aliphatic rings. The van der Waals surface area contributed by atoms with Crippen LogP contribution in [-0.2, 0) is 6.54 Å². The van der Waals surface area contributed by atoms with Gasteiger partial charge in [0.15, 0.2) is 6.10 Å². The summed E-state index contributed by atoms with van der Waals surface area (Å²) in [6.07, 6.45) is -6.64. The second-order valence-electron chi connectivity index (χ2n) is 5.63. The predicted octanol–water partition coefficient (Wildman–Crippen LogP) is 2.87. The van der Waals surface area contributed by atoms with E-state index in [1.54, 1.807) is 4.90 Å². The molecule has 5 nitrogen and oxygen atoms in total. The van der Waals surface area contributed by atoms with Crippen LogP contribution in [-0.4, -0.2) is 40.3 Å². The zero-order valence-electron chi connectivity index (χ0n) is 12.1. The van der Waals surface area contributed by atoms with Gasteiger partial charge < -0.3 is 5.11 Å². The molecular weight excluding hydrogens is 320 g/mol. The first-order chi connectivity index (χ1) is 10.7. The maximum absolute atomic E-state index is 13.8. The van der Waals surface area contributed by atoms with E-state index in [1.807, 2.05) is 0 Å². The molecule has 1 heterocycles. The van der Waals surface area contributed by atoms with Crippen molar-refractivity contribution in [3.8, 4) is 0 Å². The van der Waals surface area contributed by atoms with Gasteiger partial charge >= 0.3 is 6.18 Å². The number of benzene rings is 1. The highest BCUT2D eigenvalue weighted by Gasteiger charge is 2.44. The van der Waals surface area contributed by atoms with E-state index in [2.05, 4.69) is 0 Å². The molecule has 2 rings (SSSR count). The van der Waals surface area contributed by atoms with Crippen molar-refractivity contribution in [1.82, 2.24) is 4.90 Å². The number of aliphatic hydroxyl groups excluding tert-OH is 1. The second-order valence-corrected chi connectivity index (χ2v) is 5.63. The lowest BCUT2D eigenvalue weighted by molar-refractivity contribution is -0.385. The number of aliphatic hydroxyl groups is 1. The molecule has 9 heteroatoms. The van der Waals surface area contributed by atoms with Crippen LogP contribution >= 0.6 is 0 Å². The van der Waals surface area contributed by atoms with Crippen molar-refractivity contribution in [2.75, 3.05) is 13.1 Å². The van der Waals surface area contributed by atoms with Crippen LogP contribution in [0.15, 0.2) is 18.2 Å². The van der Waals surface area contributed by atoms with Crippen molar-refractivity contribution in [2.45, 2.75) is 31.7 Å². The molecule has 0 spiro atoms. The molecule has 0 bridgehead atoms. The lowest BCUT2D eigenvalue weighted by atomic mass is 9.90. The molecular formula is C14H16F4N2O3. The monoisotopic (exact) mass is 336 g/mol. The van der Waals surface area contributed by atoms with Crippen LogP contribution in [0.25, 0.3) is 0 Å².